The molecule has 0 heterocycles. The van der Waals surface area contributed by atoms with Gasteiger partial charge in [-0.25, -0.2) is 4.39 Å². The number of nitrogens with two attached hydrogens (primary N) is 1. The lowest BCUT2D eigenvalue weighted by molar-refractivity contribution is 0.163. The van der Waals surface area contributed by atoms with E-state index in [2.05, 4.69) is 18.7 Å². The number of nitrogens with zero attached hydrogens (tertiary/aromatic N) is 1. The molecule has 96 valence electrons. The van der Waals surface area contributed by atoms with Crippen molar-refractivity contribution < 1.29 is 4.39 Å². The van der Waals surface area contributed by atoms with Crippen LogP contribution < -0.4 is 5.73 Å². The van der Waals surface area contributed by atoms with Crippen molar-refractivity contribution in [3.8, 4) is 0 Å². The number of benzene rings is 1. The largest absolute Gasteiger partial charge is 0.329 e. The molecular weight excluding hydrogens is 239 g/mol. The molecule has 0 fully saturated rings. The highest BCUT2D eigenvalue weighted by Gasteiger charge is 2.24. The van der Waals surface area contributed by atoms with Crippen LogP contribution in [-0.2, 0) is 0 Å². The number of rotatable bonds is 5. The summed E-state index contributed by atoms with van der Waals surface area (Å²) >= 11 is 6.09. The molecule has 0 spiro atoms. The standard InChI is InChI=1S/C13H20ClFN2/c1-4-17(9(2)3)12(8-16)13-10(14)6-5-7-11(13)15/h5-7,9,12H,4,8,16H2,1-3H3. The Morgan fingerprint density at radius 2 is 2.06 bits per heavy atom. The first-order chi connectivity index (χ1) is 8.02. The Morgan fingerprint density at radius 3 is 2.47 bits per heavy atom. The number of halogens is 2. The summed E-state index contributed by atoms with van der Waals surface area (Å²) in [6.45, 7) is 7.34. The summed E-state index contributed by atoms with van der Waals surface area (Å²) in [5.74, 6) is -0.285. The van der Waals surface area contributed by atoms with Gasteiger partial charge in [-0.1, -0.05) is 24.6 Å². The molecule has 1 atom stereocenters. The third-order valence-electron chi connectivity index (χ3n) is 2.98. The van der Waals surface area contributed by atoms with Crippen LogP contribution in [0.3, 0.4) is 0 Å². The molecule has 4 heteroatoms. The minimum Gasteiger partial charge on any atom is -0.329 e. The van der Waals surface area contributed by atoms with Crippen molar-refractivity contribution >= 4 is 11.6 Å². The molecule has 0 aliphatic heterocycles. The molecule has 0 radical (unpaired) electrons. The Morgan fingerprint density at radius 1 is 1.41 bits per heavy atom. The second-order valence-electron chi connectivity index (χ2n) is 4.31. The number of hydrogen-bond acceptors (Lipinski definition) is 2. The van der Waals surface area contributed by atoms with E-state index < -0.39 is 0 Å². The molecule has 2 nitrogen and oxygen atoms in total. The SMILES string of the molecule is CCN(C(C)C)C(CN)c1c(F)cccc1Cl. The lowest BCUT2D eigenvalue weighted by atomic mass is 10.0. The molecule has 0 amide bonds. The monoisotopic (exact) mass is 258 g/mol. The van der Waals surface area contributed by atoms with Gasteiger partial charge < -0.3 is 5.73 Å². The fourth-order valence-electron chi connectivity index (χ4n) is 2.19. The predicted octanol–water partition coefficient (Wildman–Crippen LogP) is 3.21. The Balaban J connectivity index is 3.17. The molecular formula is C13H20ClFN2. The van der Waals surface area contributed by atoms with E-state index in [1.165, 1.54) is 6.07 Å². The molecule has 0 aliphatic rings. The van der Waals surface area contributed by atoms with Crippen LogP contribution in [0.15, 0.2) is 18.2 Å². The van der Waals surface area contributed by atoms with Gasteiger partial charge in [0.1, 0.15) is 5.82 Å². The van der Waals surface area contributed by atoms with Crippen molar-refractivity contribution in [1.29, 1.82) is 0 Å². The maximum absolute atomic E-state index is 13.9. The highest BCUT2D eigenvalue weighted by Crippen LogP contribution is 2.30. The average Bonchev–Trinajstić information content (AvgIpc) is 2.27. The van der Waals surface area contributed by atoms with Crippen LogP contribution in [0.25, 0.3) is 0 Å². The Hall–Kier alpha value is -0.640. The van der Waals surface area contributed by atoms with Crippen LogP contribution in [0, 0.1) is 5.82 Å². The molecule has 17 heavy (non-hydrogen) atoms. The van der Waals surface area contributed by atoms with Gasteiger partial charge >= 0.3 is 0 Å². The fourth-order valence-corrected chi connectivity index (χ4v) is 2.48. The van der Waals surface area contributed by atoms with Crippen LogP contribution in [0.2, 0.25) is 5.02 Å². The maximum atomic E-state index is 13.9. The first-order valence-corrected chi connectivity index (χ1v) is 6.30. The van der Waals surface area contributed by atoms with Gasteiger partial charge in [-0.05, 0) is 32.5 Å². The highest BCUT2D eigenvalue weighted by atomic mass is 35.5. The van der Waals surface area contributed by atoms with Gasteiger partial charge in [-0.3, -0.25) is 4.90 Å². The van der Waals surface area contributed by atoms with Crippen molar-refractivity contribution in [1.82, 2.24) is 4.90 Å². The molecule has 1 rings (SSSR count). The van der Waals surface area contributed by atoms with Crippen LogP contribution in [0.1, 0.15) is 32.4 Å². The summed E-state index contributed by atoms with van der Waals surface area (Å²) < 4.78 is 13.9. The van der Waals surface area contributed by atoms with Crippen molar-refractivity contribution in [3.05, 3.63) is 34.6 Å². The molecule has 1 aromatic carbocycles. The third kappa shape index (κ3) is 3.18. The van der Waals surface area contributed by atoms with Crippen LogP contribution in [0.5, 0.6) is 0 Å². The van der Waals surface area contributed by atoms with Gasteiger partial charge in [0.05, 0.1) is 6.04 Å². The molecule has 1 aromatic rings. The van der Waals surface area contributed by atoms with E-state index in [0.29, 0.717) is 23.2 Å². The van der Waals surface area contributed by atoms with E-state index in [-0.39, 0.29) is 11.9 Å². The summed E-state index contributed by atoms with van der Waals surface area (Å²) in [6.07, 6.45) is 0. The zero-order chi connectivity index (χ0) is 13.0. The average molecular weight is 259 g/mol. The highest BCUT2D eigenvalue weighted by molar-refractivity contribution is 6.31. The van der Waals surface area contributed by atoms with Crippen molar-refractivity contribution in [2.24, 2.45) is 5.73 Å². The first kappa shape index (κ1) is 14.4. The predicted molar refractivity (Wildman–Crippen MR) is 70.7 cm³/mol. The topological polar surface area (TPSA) is 29.3 Å². The summed E-state index contributed by atoms with van der Waals surface area (Å²) in [6, 6.07) is 4.87. The van der Waals surface area contributed by atoms with E-state index in [4.69, 9.17) is 17.3 Å². The zero-order valence-corrected chi connectivity index (χ0v) is 11.3. The molecule has 1 unspecified atom stereocenters. The van der Waals surface area contributed by atoms with Crippen LogP contribution in [-0.4, -0.2) is 24.0 Å². The number of hydrogen-bond donors (Lipinski definition) is 1. The summed E-state index contributed by atoms with van der Waals surface area (Å²) in [4.78, 5) is 2.14. The second kappa shape index (κ2) is 6.34. The van der Waals surface area contributed by atoms with E-state index in [1.54, 1.807) is 12.1 Å². The summed E-state index contributed by atoms with van der Waals surface area (Å²) in [5.41, 5.74) is 6.30. The molecule has 0 saturated carbocycles. The second-order valence-corrected chi connectivity index (χ2v) is 4.72. The first-order valence-electron chi connectivity index (χ1n) is 5.92. The van der Waals surface area contributed by atoms with Crippen LogP contribution in [0.4, 0.5) is 4.39 Å². The smallest absolute Gasteiger partial charge is 0.129 e. The number of likely N-dealkylation sites (N-methyl/N-ethyl adjacent to an activating group) is 1. The van der Waals surface area contributed by atoms with E-state index in [1.807, 2.05) is 6.92 Å². The Labute approximate surface area is 108 Å². The third-order valence-corrected chi connectivity index (χ3v) is 3.31. The van der Waals surface area contributed by atoms with Crippen molar-refractivity contribution in [3.63, 3.8) is 0 Å². The maximum Gasteiger partial charge on any atom is 0.129 e. The Kier molecular flexibility index (Phi) is 5.37. The molecule has 0 saturated heterocycles. The fraction of sp³-hybridized carbons (Fsp3) is 0.538. The van der Waals surface area contributed by atoms with Gasteiger partial charge in [-0.2, -0.15) is 0 Å². The normalized spacial score (nSPS) is 13.4. The lowest BCUT2D eigenvalue weighted by Crippen LogP contribution is -2.39. The molecule has 0 bridgehead atoms. The van der Waals surface area contributed by atoms with Crippen molar-refractivity contribution in [2.75, 3.05) is 13.1 Å². The minimum atomic E-state index is -0.285. The zero-order valence-electron chi connectivity index (χ0n) is 10.6. The Bertz CT molecular complexity index is 348. The minimum absolute atomic E-state index is 0.173. The summed E-state index contributed by atoms with van der Waals surface area (Å²) in [7, 11) is 0. The van der Waals surface area contributed by atoms with Crippen LogP contribution >= 0.6 is 11.6 Å². The van der Waals surface area contributed by atoms with Gasteiger partial charge in [-0.15, -0.1) is 0 Å². The quantitative estimate of drug-likeness (QED) is 0.879. The van der Waals surface area contributed by atoms with Gasteiger partial charge in [0.2, 0.25) is 0 Å². The lowest BCUT2D eigenvalue weighted by Gasteiger charge is -2.34. The van der Waals surface area contributed by atoms with Gasteiger partial charge in [0.25, 0.3) is 0 Å². The van der Waals surface area contributed by atoms with E-state index in [9.17, 15) is 4.39 Å². The van der Waals surface area contributed by atoms with E-state index in [0.717, 1.165) is 6.54 Å². The molecule has 2 N–H and O–H groups in total. The van der Waals surface area contributed by atoms with Crippen molar-refractivity contribution in [2.45, 2.75) is 32.9 Å². The van der Waals surface area contributed by atoms with Gasteiger partial charge in [0.15, 0.2) is 0 Å². The van der Waals surface area contributed by atoms with E-state index >= 15 is 0 Å². The van der Waals surface area contributed by atoms with Gasteiger partial charge in [0, 0.05) is 23.2 Å². The molecule has 0 aliphatic carbocycles. The molecule has 0 aromatic heterocycles. The summed E-state index contributed by atoms with van der Waals surface area (Å²) in [5, 5.41) is 0.444.